The van der Waals surface area contributed by atoms with Crippen molar-refractivity contribution in [2.45, 2.75) is 131 Å². The highest BCUT2D eigenvalue weighted by Crippen LogP contribution is 2.39. The summed E-state index contributed by atoms with van der Waals surface area (Å²) in [4.78, 5) is 42.3. The highest BCUT2D eigenvalue weighted by Gasteiger charge is 2.43. The van der Waals surface area contributed by atoms with Crippen LogP contribution in [0.4, 0.5) is 4.79 Å². The minimum absolute atomic E-state index is 0.0841. The lowest BCUT2D eigenvalue weighted by atomic mass is 9.83. The molecule has 0 saturated carbocycles. The Morgan fingerprint density at radius 3 is 2.12 bits per heavy atom. The van der Waals surface area contributed by atoms with Gasteiger partial charge in [0.25, 0.3) is 5.91 Å². The first-order valence-electron chi connectivity index (χ1n) is 20.9. The number of morpholine rings is 1. The predicted octanol–water partition coefficient (Wildman–Crippen LogP) is 7.63. The molecule has 13 nitrogen and oxygen atoms in total. The first-order chi connectivity index (χ1) is 26.5. The van der Waals surface area contributed by atoms with Crippen LogP contribution in [0.3, 0.4) is 0 Å². The van der Waals surface area contributed by atoms with Crippen LogP contribution < -0.4 is 20.1 Å². The van der Waals surface area contributed by atoms with Gasteiger partial charge >= 0.3 is 12.1 Å². The van der Waals surface area contributed by atoms with E-state index in [9.17, 15) is 19.5 Å². The zero-order chi connectivity index (χ0) is 43.0. The third-order valence-electron chi connectivity index (χ3n) is 11.0. The molecule has 4 atom stereocenters. The van der Waals surface area contributed by atoms with E-state index in [4.69, 9.17) is 28.1 Å². The first-order valence-corrected chi connectivity index (χ1v) is 23.8. The summed E-state index contributed by atoms with van der Waals surface area (Å²) < 4.78 is 35.7. The fourth-order valence-corrected chi connectivity index (χ4v) is 7.68. The summed E-state index contributed by atoms with van der Waals surface area (Å²) in [5.41, 5.74) is -0.349. The van der Waals surface area contributed by atoms with Gasteiger partial charge in [0.1, 0.15) is 23.7 Å². The van der Waals surface area contributed by atoms with Gasteiger partial charge < -0.3 is 43.9 Å². The smallest absolute Gasteiger partial charge is 0.407 e. The van der Waals surface area contributed by atoms with Crippen molar-refractivity contribution in [1.82, 2.24) is 15.5 Å². The van der Waals surface area contributed by atoms with E-state index in [0.717, 1.165) is 45.7 Å². The van der Waals surface area contributed by atoms with Crippen molar-refractivity contribution in [1.29, 1.82) is 0 Å². The van der Waals surface area contributed by atoms with Gasteiger partial charge in [-0.3, -0.25) is 14.5 Å². The Hall–Kier alpha value is -2.91. The molecule has 3 N–H and O–H groups in total. The molecule has 14 heteroatoms. The maximum absolute atomic E-state index is 14.0. The minimum atomic E-state index is -2.46. The van der Waals surface area contributed by atoms with Crippen LogP contribution >= 0.6 is 0 Å². The van der Waals surface area contributed by atoms with E-state index >= 15 is 0 Å². The van der Waals surface area contributed by atoms with E-state index in [1.54, 1.807) is 46.1 Å². The van der Waals surface area contributed by atoms with Crippen molar-refractivity contribution < 1.29 is 47.6 Å². The summed E-state index contributed by atoms with van der Waals surface area (Å²) in [5, 5.41) is 16.4. The van der Waals surface area contributed by atoms with Crippen molar-refractivity contribution >= 4 is 26.3 Å². The van der Waals surface area contributed by atoms with Crippen LogP contribution in [0.5, 0.6) is 11.5 Å². The number of carbonyl (C=O) groups excluding carboxylic acids is 2. The van der Waals surface area contributed by atoms with E-state index in [1.165, 1.54) is 0 Å². The largest absolute Gasteiger partial charge is 0.493 e. The molecule has 1 heterocycles. The summed E-state index contributed by atoms with van der Waals surface area (Å²) in [6.07, 6.45) is 0.998. The number of amides is 2. The van der Waals surface area contributed by atoms with Crippen LogP contribution in [0.15, 0.2) is 18.2 Å². The van der Waals surface area contributed by atoms with Crippen molar-refractivity contribution in [2.75, 3.05) is 66.3 Å². The highest BCUT2D eigenvalue weighted by molar-refractivity contribution is 6.74. The molecule has 1 aliphatic heterocycles. The number of methoxy groups -OCH3 is 1. The molecule has 0 aliphatic carbocycles. The van der Waals surface area contributed by atoms with Crippen molar-refractivity contribution in [3.05, 3.63) is 23.8 Å². The van der Waals surface area contributed by atoms with Gasteiger partial charge in [0, 0.05) is 46.0 Å². The second-order valence-electron chi connectivity index (χ2n) is 18.6. The normalized spacial score (nSPS) is 16.5. The molecule has 57 heavy (non-hydrogen) atoms. The number of carboxylic acid groups (broad SMARTS) is 1. The van der Waals surface area contributed by atoms with Gasteiger partial charge in [0.2, 0.25) is 0 Å². The number of nitrogens with zero attached hydrogens (tertiary/aromatic N) is 1. The number of alkyl carbamates (subject to hydrolysis) is 1. The SMILES string of the molecule is COCCCCOc1cc(OCCN2CCOCC2)ccc1C(=O)NC[C@@H](C[C@H](NC(=O)OC(C)(C)C)[C@H](C[C@H](C(=O)O)C(C)C)O[Si](C)(C)C(C)(C)C)C(C)C. The fraction of sp³-hybridized carbons (Fsp3) is 0.791. The van der Waals surface area contributed by atoms with Crippen LogP contribution in [0.25, 0.3) is 0 Å². The number of hydrogen-bond acceptors (Lipinski definition) is 10. The van der Waals surface area contributed by atoms with Gasteiger partial charge in [-0.1, -0.05) is 48.5 Å². The number of nitrogens with one attached hydrogen (secondary N) is 2. The molecule has 1 saturated heterocycles. The molecule has 1 aliphatic rings. The van der Waals surface area contributed by atoms with Gasteiger partial charge in [-0.15, -0.1) is 0 Å². The topological polar surface area (TPSA) is 154 Å². The van der Waals surface area contributed by atoms with E-state index in [2.05, 4.69) is 63.2 Å². The lowest BCUT2D eigenvalue weighted by Crippen LogP contribution is -2.54. The number of benzene rings is 1. The predicted molar refractivity (Wildman–Crippen MR) is 227 cm³/mol. The standard InChI is InChI=1S/C43H77N3O10Si/c1-30(2)32(26-36(45-41(50)55-42(5,6)7)38(28-35(31(3)4)40(48)49)56-57(12,13)43(8,9)10)29-44-39(47)34-17-16-33(27-37(34)54-22-15-14-21-51-11)53-25-20-46-18-23-52-24-19-46/h16-17,27,30-32,35-36,38H,14-15,18-26,28-29H2,1-13H3,(H,44,47)(H,45,50)(H,48,49)/t32-,35+,36+,38+/m1/s1. The average molecular weight is 824 g/mol. The van der Waals surface area contributed by atoms with Gasteiger partial charge in [-0.25, -0.2) is 4.79 Å². The summed E-state index contributed by atoms with van der Waals surface area (Å²) in [7, 11) is -0.797. The third kappa shape index (κ3) is 18.3. The number of hydrogen-bond donors (Lipinski definition) is 3. The first kappa shape index (κ1) is 50.2. The zero-order valence-electron chi connectivity index (χ0n) is 37.5. The third-order valence-corrected chi connectivity index (χ3v) is 15.5. The van der Waals surface area contributed by atoms with E-state index < -0.39 is 44.0 Å². The highest BCUT2D eigenvalue weighted by atomic mass is 28.4. The molecular weight excluding hydrogens is 747 g/mol. The van der Waals surface area contributed by atoms with Gasteiger partial charge in [0.15, 0.2) is 8.32 Å². The lowest BCUT2D eigenvalue weighted by molar-refractivity contribution is -0.144. The van der Waals surface area contributed by atoms with Gasteiger partial charge in [-0.05, 0) is 94.5 Å². The lowest BCUT2D eigenvalue weighted by Gasteiger charge is -2.43. The molecule has 0 radical (unpaired) electrons. The summed E-state index contributed by atoms with van der Waals surface area (Å²) >= 11 is 0. The molecule has 0 spiro atoms. The molecule has 1 aromatic carbocycles. The maximum atomic E-state index is 14.0. The summed E-state index contributed by atoms with van der Waals surface area (Å²) in [6, 6.07) is 4.71. The summed E-state index contributed by atoms with van der Waals surface area (Å²) in [6.45, 7) is 29.8. The van der Waals surface area contributed by atoms with Crippen molar-refractivity contribution in [2.24, 2.45) is 23.7 Å². The second kappa shape index (κ2) is 23.6. The molecule has 2 amide bonds. The Bertz CT molecular complexity index is 1370. The Labute approximate surface area is 344 Å². The molecule has 0 unspecified atom stereocenters. The molecule has 1 fully saturated rings. The molecule has 0 aromatic heterocycles. The Morgan fingerprint density at radius 2 is 1.56 bits per heavy atom. The number of unbranched alkanes of at least 4 members (excludes halogenated alkanes) is 1. The Kier molecular flexibility index (Phi) is 20.8. The Morgan fingerprint density at radius 1 is 0.912 bits per heavy atom. The molecular formula is C43H77N3O10Si. The molecule has 0 bridgehead atoms. The Balaban J connectivity index is 2.40. The van der Waals surface area contributed by atoms with Crippen molar-refractivity contribution in [3.63, 3.8) is 0 Å². The second-order valence-corrected chi connectivity index (χ2v) is 23.3. The average Bonchev–Trinajstić information content (AvgIpc) is 3.09. The zero-order valence-corrected chi connectivity index (χ0v) is 38.5. The van der Waals surface area contributed by atoms with Gasteiger partial charge in [0.05, 0.1) is 43.4 Å². The number of carbonyl (C=O) groups is 3. The summed E-state index contributed by atoms with van der Waals surface area (Å²) in [5.74, 6) is -1.02. The van der Waals surface area contributed by atoms with Crippen LogP contribution in [0.1, 0.15) is 105 Å². The number of rotatable bonds is 24. The number of ether oxygens (including phenoxy) is 5. The fourth-order valence-electron chi connectivity index (χ4n) is 6.30. The van der Waals surface area contributed by atoms with Gasteiger partial charge in [-0.2, -0.15) is 0 Å². The molecule has 2 rings (SSSR count). The minimum Gasteiger partial charge on any atom is -0.493 e. The van der Waals surface area contributed by atoms with Crippen molar-refractivity contribution in [3.8, 4) is 11.5 Å². The van der Waals surface area contributed by atoms with Crippen LogP contribution in [0, 0.1) is 23.7 Å². The maximum Gasteiger partial charge on any atom is 0.407 e. The molecule has 1 aromatic rings. The van der Waals surface area contributed by atoms with Crippen LogP contribution in [0.2, 0.25) is 18.1 Å². The van der Waals surface area contributed by atoms with E-state index in [0.29, 0.717) is 49.8 Å². The number of aliphatic carboxylic acids is 1. The molecule has 328 valence electrons. The monoisotopic (exact) mass is 824 g/mol. The van der Waals surface area contributed by atoms with E-state index in [1.807, 2.05) is 13.8 Å². The quantitative estimate of drug-likeness (QED) is 0.0697. The van der Waals surface area contributed by atoms with Crippen LogP contribution in [-0.4, -0.2) is 120 Å². The van der Waals surface area contributed by atoms with Crippen LogP contribution in [-0.2, 0) is 23.4 Å². The van der Waals surface area contributed by atoms with E-state index in [-0.39, 0.29) is 35.1 Å². The number of carboxylic acids is 1.